The van der Waals surface area contributed by atoms with Crippen LogP contribution in [0, 0.1) is 0 Å². The van der Waals surface area contributed by atoms with Gasteiger partial charge in [0, 0.05) is 11.4 Å². The van der Waals surface area contributed by atoms with Gasteiger partial charge in [-0.15, -0.1) is 33.2 Å². The Morgan fingerprint density at radius 2 is 2.03 bits per heavy atom. The molecule has 1 amide bonds. The van der Waals surface area contributed by atoms with E-state index >= 15 is 0 Å². The molecule has 1 N–H and O–H groups in total. The first-order valence-corrected chi connectivity index (χ1v) is 13.9. The Morgan fingerprint density at radius 3 is 2.86 bits per heavy atom. The third kappa shape index (κ3) is 5.30. The summed E-state index contributed by atoms with van der Waals surface area (Å²) < 4.78 is 8.72. The van der Waals surface area contributed by atoms with Gasteiger partial charge in [0.05, 0.1) is 23.9 Å². The summed E-state index contributed by atoms with van der Waals surface area (Å²) >= 11 is 2.77. The van der Waals surface area contributed by atoms with Crippen molar-refractivity contribution in [3.8, 4) is 0 Å². The molecular weight excluding hydrogens is 510 g/mol. The first-order chi connectivity index (χ1) is 18.1. The number of esters is 1. The van der Waals surface area contributed by atoms with Crippen LogP contribution in [0.25, 0.3) is 11.0 Å². The monoisotopic (exact) mass is 537 g/mol. The van der Waals surface area contributed by atoms with Crippen molar-refractivity contribution in [1.82, 2.24) is 29.8 Å². The number of aryl methyl sites for hydroxylation is 1. The van der Waals surface area contributed by atoms with Crippen LogP contribution in [0.3, 0.4) is 0 Å². The molecule has 0 radical (unpaired) electrons. The number of rotatable bonds is 9. The van der Waals surface area contributed by atoms with Crippen LogP contribution in [0.2, 0.25) is 0 Å². The second-order valence-electron chi connectivity index (χ2n) is 8.63. The van der Waals surface area contributed by atoms with Gasteiger partial charge in [0.25, 0.3) is 0 Å². The molecular formula is C25H27N7O3S2. The lowest BCUT2D eigenvalue weighted by molar-refractivity contribution is -0.113. The third-order valence-electron chi connectivity index (χ3n) is 6.21. The van der Waals surface area contributed by atoms with Crippen molar-refractivity contribution in [2.75, 3.05) is 18.2 Å². The van der Waals surface area contributed by atoms with Gasteiger partial charge in [-0.05, 0) is 43.4 Å². The summed E-state index contributed by atoms with van der Waals surface area (Å²) in [5.41, 5.74) is 3.23. The average molecular weight is 538 g/mol. The average Bonchev–Trinajstić information content (AvgIpc) is 3.54. The van der Waals surface area contributed by atoms with Gasteiger partial charge < -0.3 is 14.6 Å². The van der Waals surface area contributed by atoms with E-state index in [0.717, 1.165) is 53.6 Å². The zero-order valence-corrected chi connectivity index (χ0v) is 22.1. The smallest absolute Gasteiger partial charge is 0.341 e. The van der Waals surface area contributed by atoms with Crippen LogP contribution >= 0.6 is 23.1 Å². The molecule has 0 saturated heterocycles. The molecule has 4 aromatic rings. The van der Waals surface area contributed by atoms with E-state index in [-0.39, 0.29) is 11.7 Å². The van der Waals surface area contributed by atoms with Crippen molar-refractivity contribution in [3.63, 3.8) is 0 Å². The summed E-state index contributed by atoms with van der Waals surface area (Å²) in [7, 11) is 1.37. The number of nitrogens with zero attached hydrogens (tertiary/aromatic N) is 6. The van der Waals surface area contributed by atoms with Crippen molar-refractivity contribution < 1.29 is 14.3 Å². The molecule has 1 aliphatic carbocycles. The fourth-order valence-electron chi connectivity index (χ4n) is 4.46. The van der Waals surface area contributed by atoms with Gasteiger partial charge >= 0.3 is 5.97 Å². The number of anilines is 1. The SMILES string of the molecule is C=CCn1c(Cn2nnc3ccccc32)nnc1SCC(=O)Nc1sc2c(c1C(=O)OC)CCCCC2. The number of aromatic nitrogens is 6. The highest BCUT2D eigenvalue weighted by Gasteiger charge is 2.26. The Morgan fingerprint density at radius 1 is 1.19 bits per heavy atom. The molecule has 12 heteroatoms. The number of carbonyl (C=O) groups excluding carboxylic acids is 2. The lowest BCUT2D eigenvalue weighted by Gasteiger charge is -2.09. The molecule has 1 aliphatic rings. The van der Waals surface area contributed by atoms with E-state index in [1.807, 2.05) is 28.8 Å². The van der Waals surface area contributed by atoms with Crippen molar-refractivity contribution in [3.05, 3.63) is 58.7 Å². The van der Waals surface area contributed by atoms with Gasteiger partial charge in [-0.3, -0.25) is 4.79 Å². The van der Waals surface area contributed by atoms with Gasteiger partial charge in [-0.25, -0.2) is 9.48 Å². The van der Waals surface area contributed by atoms with Gasteiger partial charge in [-0.1, -0.05) is 41.6 Å². The van der Waals surface area contributed by atoms with E-state index in [0.29, 0.717) is 34.6 Å². The molecule has 0 fully saturated rings. The number of hydrogen-bond acceptors (Lipinski definition) is 9. The molecule has 37 heavy (non-hydrogen) atoms. The maximum Gasteiger partial charge on any atom is 0.341 e. The van der Waals surface area contributed by atoms with E-state index in [4.69, 9.17) is 4.74 Å². The van der Waals surface area contributed by atoms with Crippen LogP contribution in [-0.2, 0) is 35.5 Å². The van der Waals surface area contributed by atoms with E-state index in [9.17, 15) is 9.59 Å². The minimum Gasteiger partial charge on any atom is -0.465 e. The summed E-state index contributed by atoms with van der Waals surface area (Å²) in [6.07, 6.45) is 6.77. The minimum atomic E-state index is -0.404. The van der Waals surface area contributed by atoms with Crippen molar-refractivity contribution in [2.24, 2.45) is 0 Å². The summed E-state index contributed by atoms with van der Waals surface area (Å²) in [5, 5.41) is 21.2. The molecule has 0 saturated carbocycles. The first-order valence-electron chi connectivity index (χ1n) is 12.1. The number of amides is 1. The summed E-state index contributed by atoms with van der Waals surface area (Å²) in [6, 6.07) is 7.72. The summed E-state index contributed by atoms with van der Waals surface area (Å²) in [6.45, 7) is 4.72. The van der Waals surface area contributed by atoms with Crippen LogP contribution in [0.4, 0.5) is 5.00 Å². The fourth-order valence-corrected chi connectivity index (χ4v) is 6.53. The zero-order valence-electron chi connectivity index (χ0n) is 20.5. The highest BCUT2D eigenvalue weighted by Crippen LogP contribution is 2.38. The first kappa shape index (κ1) is 25.2. The highest BCUT2D eigenvalue weighted by molar-refractivity contribution is 7.99. The normalized spacial score (nSPS) is 13.2. The van der Waals surface area contributed by atoms with Crippen LogP contribution in [0.15, 0.2) is 42.1 Å². The second kappa shape index (κ2) is 11.3. The van der Waals surface area contributed by atoms with Crippen molar-refractivity contribution in [2.45, 2.75) is 50.4 Å². The zero-order chi connectivity index (χ0) is 25.8. The minimum absolute atomic E-state index is 0.116. The maximum atomic E-state index is 12.9. The Hall–Kier alpha value is -3.51. The lowest BCUT2D eigenvalue weighted by Crippen LogP contribution is -2.17. The number of methoxy groups -OCH3 is 1. The Balaban J connectivity index is 1.30. The Labute approximate surface area is 222 Å². The molecule has 0 unspecified atom stereocenters. The second-order valence-corrected chi connectivity index (χ2v) is 10.7. The van der Waals surface area contributed by atoms with Crippen molar-refractivity contribution in [1.29, 1.82) is 0 Å². The number of hydrogen-bond donors (Lipinski definition) is 1. The summed E-state index contributed by atoms with van der Waals surface area (Å²) in [5.74, 6) is 0.181. The molecule has 0 bridgehead atoms. The van der Waals surface area contributed by atoms with E-state index in [1.165, 1.54) is 30.2 Å². The van der Waals surface area contributed by atoms with Gasteiger partial charge in [0.15, 0.2) is 11.0 Å². The predicted octanol–water partition coefficient (Wildman–Crippen LogP) is 4.10. The topological polar surface area (TPSA) is 117 Å². The standard InChI is InChI=1S/C25H27N7O3S2/c1-3-13-31-20(14-32-18-11-8-7-10-17(18)27-30-32)28-29-25(31)36-15-21(33)26-23-22(24(34)35-2)16-9-5-4-6-12-19(16)37-23/h3,7-8,10-11H,1,4-6,9,12-15H2,2H3,(H,26,33). The number of carbonyl (C=O) groups is 2. The largest absolute Gasteiger partial charge is 0.465 e. The molecule has 3 heterocycles. The van der Waals surface area contributed by atoms with E-state index < -0.39 is 5.97 Å². The van der Waals surface area contributed by atoms with Crippen LogP contribution in [0.1, 0.15) is 45.9 Å². The van der Waals surface area contributed by atoms with E-state index in [1.54, 1.807) is 10.8 Å². The molecule has 0 spiro atoms. The molecule has 10 nitrogen and oxygen atoms in total. The molecule has 3 aromatic heterocycles. The number of fused-ring (bicyclic) bond motifs is 2. The van der Waals surface area contributed by atoms with Crippen molar-refractivity contribution >= 4 is 51.0 Å². The number of para-hydroxylation sites is 1. The molecule has 5 rings (SSSR count). The van der Waals surface area contributed by atoms with Crippen LogP contribution in [-0.4, -0.2) is 54.5 Å². The Bertz CT molecular complexity index is 1460. The number of allylic oxidation sites excluding steroid dienone is 1. The lowest BCUT2D eigenvalue weighted by atomic mass is 10.1. The van der Waals surface area contributed by atoms with Crippen LogP contribution in [0.5, 0.6) is 0 Å². The Kier molecular flexibility index (Phi) is 7.65. The third-order valence-corrected chi connectivity index (χ3v) is 8.39. The number of ether oxygens (including phenoxy) is 1. The highest BCUT2D eigenvalue weighted by atomic mass is 32.2. The number of nitrogens with one attached hydrogen (secondary N) is 1. The van der Waals surface area contributed by atoms with Gasteiger partial charge in [0.1, 0.15) is 17.1 Å². The van der Waals surface area contributed by atoms with Gasteiger partial charge in [0.2, 0.25) is 5.91 Å². The van der Waals surface area contributed by atoms with Gasteiger partial charge in [-0.2, -0.15) is 0 Å². The maximum absolute atomic E-state index is 12.9. The predicted molar refractivity (Wildman–Crippen MR) is 143 cm³/mol. The molecule has 0 aliphatic heterocycles. The quantitative estimate of drug-likeness (QED) is 0.147. The number of thioether (sulfide) groups is 1. The number of thiophene rings is 1. The van der Waals surface area contributed by atoms with E-state index in [2.05, 4.69) is 32.4 Å². The molecule has 0 atom stereocenters. The molecule has 192 valence electrons. The molecule has 1 aromatic carbocycles. The fraction of sp³-hybridized carbons (Fsp3) is 0.360. The van der Waals surface area contributed by atoms with Crippen LogP contribution < -0.4 is 5.32 Å². The number of benzene rings is 1. The summed E-state index contributed by atoms with van der Waals surface area (Å²) in [4.78, 5) is 26.7.